The van der Waals surface area contributed by atoms with Crippen molar-refractivity contribution in [2.24, 2.45) is 0 Å². The summed E-state index contributed by atoms with van der Waals surface area (Å²) in [4.78, 5) is 29.0. The van der Waals surface area contributed by atoms with E-state index in [0.29, 0.717) is 22.8 Å². The second-order valence-electron chi connectivity index (χ2n) is 6.31. The first-order valence-corrected chi connectivity index (χ1v) is 8.86. The SMILES string of the molecule is CC(C)Oc1ccccc1NC(=O)c1ccnc(C(=O)NCc2ccco2)c1. The van der Waals surface area contributed by atoms with Crippen molar-refractivity contribution in [1.29, 1.82) is 0 Å². The average Bonchev–Trinajstić information content (AvgIpc) is 3.21. The van der Waals surface area contributed by atoms with Crippen LogP contribution < -0.4 is 15.4 Å². The first-order valence-electron chi connectivity index (χ1n) is 8.86. The molecule has 2 heterocycles. The molecule has 0 atom stereocenters. The number of rotatable bonds is 7. The van der Waals surface area contributed by atoms with Gasteiger partial charge in [0.2, 0.25) is 0 Å². The molecule has 7 heteroatoms. The summed E-state index contributed by atoms with van der Waals surface area (Å²) in [6.45, 7) is 4.06. The van der Waals surface area contributed by atoms with Crippen molar-refractivity contribution in [3.05, 3.63) is 78.0 Å². The molecule has 0 saturated heterocycles. The van der Waals surface area contributed by atoms with Gasteiger partial charge in [0, 0.05) is 11.8 Å². The Labute approximate surface area is 162 Å². The third-order valence-corrected chi connectivity index (χ3v) is 3.76. The van der Waals surface area contributed by atoms with Gasteiger partial charge < -0.3 is 19.8 Å². The van der Waals surface area contributed by atoms with Crippen molar-refractivity contribution < 1.29 is 18.7 Å². The molecule has 0 spiro atoms. The summed E-state index contributed by atoms with van der Waals surface area (Å²) in [6.07, 6.45) is 2.93. The Kier molecular flexibility index (Phi) is 6.06. The number of nitrogens with zero attached hydrogens (tertiary/aromatic N) is 1. The van der Waals surface area contributed by atoms with Gasteiger partial charge in [0.1, 0.15) is 17.2 Å². The van der Waals surface area contributed by atoms with E-state index in [-0.39, 0.29) is 24.2 Å². The van der Waals surface area contributed by atoms with Crippen LogP contribution in [0.15, 0.2) is 65.4 Å². The highest BCUT2D eigenvalue weighted by atomic mass is 16.5. The second kappa shape index (κ2) is 8.85. The van der Waals surface area contributed by atoms with Crippen LogP contribution >= 0.6 is 0 Å². The summed E-state index contributed by atoms with van der Waals surface area (Å²) in [5.41, 5.74) is 1.02. The molecular formula is C21H21N3O4. The lowest BCUT2D eigenvalue weighted by molar-refractivity contribution is 0.0943. The summed E-state index contributed by atoms with van der Waals surface area (Å²) in [5, 5.41) is 5.52. The van der Waals surface area contributed by atoms with Crippen LogP contribution in [0.5, 0.6) is 5.75 Å². The molecule has 28 heavy (non-hydrogen) atoms. The number of pyridine rings is 1. The van der Waals surface area contributed by atoms with E-state index >= 15 is 0 Å². The predicted octanol–water partition coefficient (Wildman–Crippen LogP) is 3.64. The Morgan fingerprint density at radius 2 is 1.93 bits per heavy atom. The number of hydrogen-bond donors (Lipinski definition) is 2. The van der Waals surface area contributed by atoms with E-state index < -0.39 is 5.91 Å². The van der Waals surface area contributed by atoms with Crippen LogP contribution in [0.1, 0.15) is 40.5 Å². The highest BCUT2D eigenvalue weighted by Gasteiger charge is 2.14. The molecule has 1 aromatic carbocycles. The maximum atomic E-state index is 12.6. The molecule has 0 fully saturated rings. The molecule has 2 amide bonds. The Morgan fingerprint density at radius 1 is 1.11 bits per heavy atom. The largest absolute Gasteiger partial charge is 0.489 e. The first kappa shape index (κ1) is 19.2. The Hall–Kier alpha value is -3.61. The number of carbonyl (C=O) groups excluding carboxylic acids is 2. The third kappa shape index (κ3) is 4.97. The fraction of sp³-hybridized carbons (Fsp3) is 0.190. The van der Waals surface area contributed by atoms with Crippen LogP contribution in [-0.4, -0.2) is 22.9 Å². The van der Waals surface area contributed by atoms with Gasteiger partial charge in [-0.15, -0.1) is 0 Å². The second-order valence-corrected chi connectivity index (χ2v) is 6.31. The van der Waals surface area contributed by atoms with Gasteiger partial charge in [-0.1, -0.05) is 12.1 Å². The molecule has 0 radical (unpaired) electrons. The summed E-state index contributed by atoms with van der Waals surface area (Å²) in [5.74, 6) is 0.456. The minimum atomic E-state index is -0.394. The number of anilines is 1. The van der Waals surface area contributed by atoms with E-state index in [4.69, 9.17) is 9.15 Å². The molecule has 3 rings (SSSR count). The van der Waals surface area contributed by atoms with Crippen LogP contribution in [0.3, 0.4) is 0 Å². The highest BCUT2D eigenvalue weighted by Crippen LogP contribution is 2.25. The van der Waals surface area contributed by atoms with Crippen LogP contribution in [0.4, 0.5) is 5.69 Å². The molecule has 0 saturated carbocycles. The van der Waals surface area contributed by atoms with Crippen LogP contribution in [0.2, 0.25) is 0 Å². The minimum absolute atomic E-state index is 0.0246. The minimum Gasteiger partial charge on any atom is -0.489 e. The number of carbonyl (C=O) groups is 2. The van der Waals surface area contributed by atoms with Gasteiger partial charge in [0.25, 0.3) is 11.8 Å². The summed E-state index contributed by atoms with van der Waals surface area (Å²) in [6, 6.07) is 13.7. The van der Waals surface area contributed by atoms with Crippen molar-refractivity contribution >= 4 is 17.5 Å². The molecule has 0 aliphatic rings. The maximum Gasteiger partial charge on any atom is 0.270 e. The summed E-state index contributed by atoms with van der Waals surface area (Å²) < 4.78 is 10.9. The van der Waals surface area contributed by atoms with E-state index in [0.717, 1.165) is 0 Å². The quantitative estimate of drug-likeness (QED) is 0.654. The van der Waals surface area contributed by atoms with Gasteiger partial charge in [0.15, 0.2) is 0 Å². The highest BCUT2D eigenvalue weighted by molar-refractivity contribution is 6.06. The fourth-order valence-corrected chi connectivity index (χ4v) is 2.49. The number of aromatic nitrogens is 1. The van der Waals surface area contributed by atoms with Gasteiger partial charge in [-0.3, -0.25) is 14.6 Å². The van der Waals surface area contributed by atoms with Crippen molar-refractivity contribution in [2.45, 2.75) is 26.5 Å². The zero-order valence-corrected chi connectivity index (χ0v) is 15.6. The predicted molar refractivity (Wildman–Crippen MR) is 104 cm³/mol. The Morgan fingerprint density at radius 3 is 2.68 bits per heavy atom. The number of benzene rings is 1. The van der Waals surface area contributed by atoms with Crippen molar-refractivity contribution in [1.82, 2.24) is 10.3 Å². The van der Waals surface area contributed by atoms with Crippen LogP contribution in [0.25, 0.3) is 0 Å². The molecule has 0 bridgehead atoms. The maximum absolute atomic E-state index is 12.6. The van der Waals surface area contributed by atoms with Gasteiger partial charge >= 0.3 is 0 Å². The molecule has 0 aliphatic heterocycles. The number of ether oxygens (including phenoxy) is 1. The fourth-order valence-electron chi connectivity index (χ4n) is 2.49. The van der Waals surface area contributed by atoms with E-state index in [1.54, 1.807) is 30.3 Å². The number of furan rings is 1. The molecule has 2 aromatic heterocycles. The van der Waals surface area contributed by atoms with E-state index in [2.05, 4.69) is 15.6 Å². The third-order valence-electron chi connectivity index (χ3n) is 3.76. The Bertz CT molecular complexity index is 952. The monoisotopic (exact) mass is 379 g/mol. The van der Waals surface area contributed by atoms with Crippen molar-refractivity contribution in [3.8, 4) is 5.75 Å². The number of nitrogens with one attached hydrogen (secondary N) is 2. The zero-order chi connectivity index (χ0) is 19.9. The van der Waals surface area contributed by atoms with Crippen LogP contribution in [-0.2, 0) is 6.54 Å². The van der Waals surface area contributed by atoms with Gasteiger partial charge in [-0.05, 0) is 50.2 Å². The van der Waals surface area contributed by atoms with E-state index in [1.807, 2.05) is 26.0 Å². The lowest BCUT2D eigenvalue weighted by atomic mass is 10.2. The van der Waals surface area contributed by atoms with Crippen molar-refractivity contribution in [2.75, 3.05) is 5.32 Å². The molecule has 3 aromatic rings. The van der Waals surface area contributed by atoms with Crippen molar-refractivity contribution in [3.63, 3.8) is 0 Å². The number of para-hydroxylation sites is 2. The van der Waals surface area contributed by atoms with Gasteiger partial charge in [-0.2, -0.15) is 0 Å². The van der Waals surface area contributed by atoms with E-state index in [1.165, 1.54) is 18.5 Å². The molecule has 144 valence electrons. The average molecular weight is 379 g/mol. The molecule has 0 unspecified atom stereocenters. The number of hydrogen-bond acceptors (Lipinski definition) is 5. The van der Waals surface area contributed by atoms with Crippen LogP contribution in [0, 0.1) is 0 Å². The molecule has 2 N–H and O–H groups in total. The molecule has 0 aliphatic carbocycles. The summed E-state index contributed by atoms with van der Waals surface area (Å²) >= 11 is 0. The summed E-state index contributed by atoms with van der Waals surface area (Å²) in [7, 11) is 0. The van der Waals surface area contributed by atoms with E-state index in [9.17, 15) is 9.59 Å². The normalized spacial score (nSPS) is 10.5. The molecule has 7 nitrogen and oxygen atoms in total. The lowest BCUT2D eigenvalue weighted by Crippen LogP contribution is -2.24. The topological polar surface area (TPSA) is 93.5 Å². The lowest BCUT2D eigenvalue weighted by Gasteiger charge is -2.15. The van der Waals surface area contributed by atoms with Gasteiger partial charge in [0.05, 0.1) is 24.6 Å². The standard InChI is InChI=1S/C21H21N3O4/c1-14(2)28-19-8-4-3-7-17(19)24-20(25)15-9-10-22-18(12-15)21(26)23-13-16-6-5-11-27-16/h3-12,14H,13H2,1-2H3,(H,23,26)(H,24,25). The zero-order valence-electron chi connectivity index (χ0n) is 15.6. The van der Waals surface area contributed by atoms with Gasteiger partial charge in [-0.25, -0.2) is 0 Å². The number of amides is 2. The smallest absolute Gasteiger partial charge is 0.270 e. The Balaban J connectivity index is 1.69. The molecular weight excluding hydrogens is 358 g/mol. The first-order chi connectivity index (χ1) is 13.5.